The predicted molar refractivity (Wildman–Crippen MR) is 136 cm³/mol. The Bertz CT molecular complexity index is 1430. The van der Waals surface area contributed by atoms with Crippen LogP contribution < -0.4 is 5.73 Å². The van der Waals surface area contributed by atoms with Crippen LogP contribution in [0.1, 0.15) is 37.6 Å². The zero-order valence-electron chi connectivity index (χ0n) is 21.3. The summed E-state index contributed by atoms with van der Waals surface area (Å²) in [5, 5.41) is 8.72. The number of nitrogens with two attached hydrogens (primary N) is 1. The Balaban J connectivity index is 1.20. The highest BCUT2D eigenvalue weighted by atomic mass is 16.5. The van der Waals surface area contributed by atoms with Crippen molar-refractivity contribution in [1.29, 1.82) is 0 Å². The van der Waals surface area contributed by atoms with Gasteiger partial charge in [0.25, 0.3) is 5.89 Å². The average Bonchev–Trinajstić information content (AvgIpc) is 3.31. The molecule has 2 unspecified atom stereocenters. The summed E-state index contributed by atoms with van der Waals surface area (Å²) in [6.45, 7) is 3.59. The lowest BCUT2D eigenvalue weighted by Crippen LogP contribution is -2.33. The largest absolute Gasteiger partial charge is 0.380 e. The summed E-state index contributed by atoms with van der Waals surface area (Å²) >= 11 is 0. The molecule has 2 aliphatic rings. The summed E-state index contributed by atoms with van der Waals surface area (Å²) in [6.07, 6.45) is 11.7. The molecule has 196 valence electrons. The van der Waals surface area contributed by atoms with Gasteiger partial charge in [0.2, 0.25) is 11.9 Å². The van der Waals surface area contributed by atoms with Crippen molar-refractivity contribution >= 4 is 11.9 Å². The van der Waals surface area contributed by atoms with E-state index < -0.39 is 5.41 Å². The van der Waals surface area contributed by atoms with Crippen LogP contribution in [-0.4, -0.2) is 72.0 Å². The molecule has 1 amide bonds. The second-order valence-electron chi connectivity index (χ2n) is 10.1. The Morgan fingerprint density at radius 2 is 1.95 bits per heavy atom. The number of pyridine rings is 1. The molecule has 0 spiro atoms. The number of nitrogens with zero attached hydrogens (tertiary/aromatic N) is 8. The number of methoxy groups -OCH3 is 1. The maximum Gasteiger partial charge on any atom is 0.261 e. The van der Waals surface area contributed by atoms with Crippen LogP contribution >= 0.6 is 0 Å². The molecular weight excluding hydrogens is 486 g/mol. The molecule has 12 nitrogen and oxygen atoms in total. The molecule has 1 aliphatic carbocycles. The van der Waals surface area contributed by atoms with Crippen LogP contribution in [0.2, 0.25) is 0 Å². The smallest absolute Gasteiger partial charge is 0.261 e. The summed E-state index contributed by atoms with van der Waals surface area (Å²) < 4.78 is 12.6. The number of likely N-dealkylation sites (tertiary alicyclic amines) is 1. The second-order valence-corrected chi connectivity index (χ2v) is 10.1. The fraction of sp³-hybridized carbons (Fsp3) is 0.423. The molecule has 4 aromatic rings. The highest BCUT2D eigenvalue weighted by molar-refractivity contribution is 5.76. The Labute approximate surface area is 219 Å². The molecule has 1 saturated heterocycles. The first-order chi connectivity index (χ1) is 18.4. The van der Waals surface area contributed by atoms with Gasteiger partial charge >= 0.3 is 0 Å². The van der Waals surface area contributed by atoms with Gasteiger partial charge in [-0.3, -0.25) is 14.5 Å². The summed E-state index contributed by atoms with van der Waals surface area (Å²) in [5.74, 6) is 1.59. The molecule has 4 aromatic heterocycles. The summed E-state index contributed by atoms with van der Waals surface area (Å²) in [4.78, 5) is 32.0. The number of aromatic nitrogens is 7. The monoisotopic (exact) mass is 515 g/mol. The molecule has 1 saturated carbocycles. The fourth-order valence-electron chi connectivity index (χ4n) is 5.05. The van der Waals surface area contributed by atoms with Gasteiger partial charge in [-0.15, -0.1) is 0 Å². The van der Waals surface area contributed by atoms with Crippen molar-refractivity contribution in [2.24, 2.45) is 5.92 Å². The molecule has 2 fully saturated rings. The normalized spacial score (nSPS) is 19.0. The SMILES string of the molecule is COC1CCN(C(=O)Cn2cc(-c3nc(C(C)(c4ccc(-c5cnc(N)nc5)nc4)C4CC4)no3)cn2)C1. The average molecular weight is 516 g/mol. The minimum absolute atomic E-state index is 0.00760. The molecule has 2 N–H and O–H groups in total. The zero-order chi connectivity index (χ0) is 26.3. The molecule has 12 heteroatoms. The fourth-order valence-corrected chi connectivity index (χ4v) is 5.05. The van der Waals surface area contributed by atoms with Crippen LogP contribution in [0.3, 0.4) is 0 Å². The Hall–Kier alpha value is -4.19. The van der Waals surface area contributed by atoms with E-state index in [1.54, 1.807) is 41.5 Å². The molecule has 38 heavy (non-hydrogen) atoms. The lowest BCUT2D eigenvalue weighted by molar-refractivity contribution is -0.131. The van der Waals surface area contributed by atoms with Gasteiger partial charge in [-0.1, -0.05) is 11.2 Å². The van der Waals surface area contributed by atoms with Crippen LogP contribution in [0.15, 0.2) is 47.6 Å². The molecule has 5 heterocycles. The number of anilines is 1. The minimum Gasteiger partial charge on any atom is -0.380 e. The first-order valence-corrected chi connectivity index (χ1v) is 12.7. The first-order valence-electron chi connectivity index (χ1n) is 12.7. The molecule has 1 aliphatic heterocycles. The van der Waals surface area contributed by atoms with Crippen molar-refractivity contribution in [2.75, 3.05) is 25.9 Å². The number of ether oxygens (including phenoxy) is 1. The van der Waals surface area contributed by atoms with Crippen LogP contribution in [-0.2, 0) is 21.5 Å². The number of hydrogen-bond acceptors (Lipinski definition) is 10. The van der Waals surface area contributed by atoms with E-state index in [2.05, 4.69) is 32.1 Å². The molecule has 6 rings (SSSR count). The minimum atomic E-state index is -0.454. The van der Waals surface area contributed by atoms with E-state index >= 15 is 0 Å². The molecule has 2 atom stereocenters. The van der Waals surface area contributed by atoms with Gasteiger partial charge in [-0.05, 0) is 43.7 Å². The number of nitrogen functional groups attached to an aromatic ring is 1. The topological polar surface area (TPSA) is 151 Å². The van der Waals surface area contributed by atoms with E-state index in [1.807, 2.05) is 18.3 Å². The lowest BCUT2D eigenvalue weighted by Gasteiger charge is -2.26. The summed E-state index contributed by atoms with van der Waals surface area (Å²) in [7, 11) is 1.67. The van der Waals surface area contributed by atoms with E-state index in [0.717, 1.165) is 36.1 Å². The van der Waals surface area contributed by atoms with Crippen LogP contribution in [0.4, 0.5) is 5.95 Å². The van der Waals surface area contributed by atoms with E-state index in [4.69, 9.17) is 20.0 Å². The van der Waals surface area contributed by atoms with E-state index in [9.17, 15) is 4.79 Å². The van der Waals surface area contributed by atoms with E-state index in [-0.39, 0.29) is 24.5 Å². The maximum absolute atomic E-state index is 12.7. The van der Waals surface area contributed by atoms with Crippen molar-refractivity contribution in [3.05, 3.63) is 54.5 Å². The third kappa shape index (κ3) is 4.51. The van der Waals surface area contributed by atoms with Gasteiger partial charge in [0.05, 0.1) is 29.0 Å². The van der Waals surface area contributed by atoms with E-state index in [1.165, 1.54) is 0 Å². The van der Waals surface area contributed by atoms with Crippen molar-refractivity contribution in [1.82, 2.24) is 39.8 Å². The number of amides is 1. The van der Waals surface area contributed by atoms with Crippen molar-refractivity contribution in [3.63, 3.8) is 0 Å². The lowest BCUT2D eigenvalue weighted by atomic mass is 9.77. The quantitative estimate of drug-likeness (QED) is 0.370. The van der Waals surface area contributed by atoms with Gasteiger partial charge in [0, 0.05) is 50.6 Å². The molecule has 0 aromatic carbocycles. The number of hydrogen-bond donors (Lipinski definition) is 1. The number of rotatable bonds is 8. The third-order valence-electron chi connectivity index (χ3n) is 7.62. The predicted octanol–water partition coefficient (Wildman–Crippen LogP) is 2.33. The summed E-state index contributed by atoms with van der Waals surface area (Å²) in [6, 6.07) is 3.99. The highest BCUT2D eigenvalue weighted by Crippen LogP contribution is 2.50. The summed E-state index contributed by atoms with van der Waals surface area (Å²) in [5.41, 5.74) is 8.37. The van der Waals surface area contributed by atoms with Crippen molar-refractivity contribution < 1.29 is 14.1 Å². The van der Waals surface area contributed by atoms with Crippen molar-refractivity contribution in [3.8, 4) is 22.7 Å². The standard InChI is InChI=1S/C26H29N9O3/c1-26(18-3-4-18,19-5-6-21(28-12-19)16-9-29-25(27)30-10-16)24-32-23(38-33-24)17-11-31-35(13-17)15-22(36)34-8-7-20(14-34)37-2/h5-6,9-13,18,20H,3-4,7-8,14-15H2,1-2H3,(H2,27,29,30). The van der Waals surface area contributed by atoms with Crippen LogP contribution in [0.25, 0.3) is 22.7 Å². The van der Waals surface area contributed by atoms with Crippen LogP contribution in [0.5, 0.6) is 0 Å². The van der Waals surface area contributed by atoms with Gasteiger partial charge in [0.1, 0.15) is 6.54 Å². The molecule has 0 radical (unpaired) electrons. The van der Waals surface area contributed by atoms with E-state index in [0.29, 0.717) is 36.3 Å². The maximum atomic E-state index is 12.7. The Kier molecular flexibility index (Phi) is 6.10. The van der Waals surface area contributed by atoms with Gasteiger partial charge in [-0.25, -0.2) is 9.97 Å². The highest BCUT2D eigenvalue weighted by Gasteiger charge is 2.47. The second kappa shape index (κ2) is 9.60. The Morgan fingerprint density at radius 1 is 1.13 bits per heavy atom. The van der Waals surface area contributed by atoms with Gasteiger partial charge in [-0.2, -0.15) is 10.1 Å². The third-order valence-corrected chi connectivity index (χ3v) is 7.62. The number of carbonyl (C=O) groups is 1. The van der Waals surface area contributed by atoms with Gasteiger partial charge in [0.15, 0.2) is 5.82 Å². The Morgan fingerprint density at radius 3 is 2.63 bits per heavy atom. The van der Waals surface area contributed by atoms with Gasteiger partial charge < -0.3 is 19.9 Å². The number of carbonyl (C=O) groups excluding carboxylic acids is 1. The molecule has 0 bridgehead atoms. The molecular formula is C26H29N9O3. The van der Waals surface area contributed by atoms with Crippen molar-refractivity contribution in [2.45, 2.75) is 44.2 Å². The van der Waals surface area contributed by atoms with Crippen LogP contribution in [0, 0.1) is 5.92 Å². The first kappa shape index (κ1) is 24.2. The zero-order valence-corrected chi connectivity index (χ0v) is 21.3.